The summed E-state index contributed by atoms with van der Waals surface area (Å²) in [4.78, 5) is 17.8. The molecule has 0 bridgehead atoms. The molecule has 0 aliphatic carbocycles. The quantitative estimate of drug-likeness (QED) is 0.429. The molecule has 0 spiro atoms. The number of halogens is 1. The van der Waals surface area contributed by atoms with E-state index in [4.69, 9.17) is 16.0 Å². The average molecular weight is 420 g/mol. The highest BCUT2D eigenvalue weighted by molar-refractivity contribution is 7.15. The van der Waals surface area contributed by atoms with Gasteiger partial charge in [-0.25, -0.2) is 0 Å². The fraction of sp³-hybridized carbons (Fsp3) is 0.0455. The molecule has 5 nitrogen and oxygen atoms in total. The highest BCUT2D eigenvalue weighted by Crippen LogP contribution is 2.29. The van der Waals surface area contributed by atoms with Crippen LogP contribution >= 0.6 is 22.9 Å². The third kappa shape index (κ3) is 3.26. The van der Waals surface area contributed by atoms with Crippen LogP contribution in [0.1, 0.15) is 11.3 Å². The van der Waals surface area contributed by atoms with Crippen LogP contribution in [0.25, 0.3) is 33.7 Å². The van der Waals surface area contributed by atoms with Crippen molar-refractivity contribution in [3.63, 3.8) is 0 Å². The Morgan fingerprint density at radius 2 is 1.86 bits per heavy atom. The van der Waals surface area contributed by atoms with Gasteiger partial charge in [-0.15, -0.1) is 5.10 Å². The highest BCUT2D eigenvalue weighted by Gasteiger charge is 2.13. The third-order valence-corrected chi connectivity index (χ3v) is 5.82. The molecule has 7 heteroatoms. The monoisotopic (exact) mass is 419 g/mol. The van der Waals surface area contributed by atoms with E-state index < -0.39 is 0 Å². The zero-order valence-corrected chi connectivity index (χ0v) is 16.9. The summed E-state index contributed by atoms with van der Waals surface area (Å²) in [5.41, 5.74) is 2.63. The molecule has 0 saturated carbocycles. The molecule has 0 aliphatic heterocycles. The summed E-state index contributed by atoms with van der Waals surface area (Å²) in [6.45, 7) is 2.02. The Kier molecular flexibility index (Phi) is 4.30. The van der Waals surface area contributed by atoms with Crippen molar-refractivity contribution in [1.29, 1.82) is 0 Å². The van der Waals surface area contributed by atoms with Gasteiger partial charge in [0.25, 0.3) is 5.56 Å². The van der Waals surface area contributed by atoms with Crippen LogP contribution in [0.5, 0.6) is 0 Å². The second kappa shape index (κ2) is 6.99. The van der Waals surface area contributed by atoms with Gasteiger partial charge in [0.1, 0.15) is 16.1 Å². The molecule has 29 heavy (non-hydrogen) atoms. The normalized spacial score (nSPS) is 12.1. The van der Waals surface area contributed by atoms with E-state index >= 15 is 0 Å². The van der Waals surface area contributed by atoms with Crippen LogP contribution < -0.4 is 10.1 Å². The second-order valence-electron chi connectivity index (χ2n) is 6.59. The molecular formula is C22H14ClN3O2S. The van der Waals surface area contributed by atoms with E-state index in [1.165, 1.54) is 15.9 Å². The minimum absolute atomic E-state index is 0.216. The van der Waals surface area contributed by atoms with E-state index in [0.29, 0.717) is 31.9 Å². The number of thiazole rings is 1. The number of nitrogens with zero attached hydrogens (tertiary/aromatic N) is 3. The summed E-state index contributed by atoms with van der Waals surface area (Å²) in [5.74, 6) is 1.76. The van der Waals surface area contributed by atoms with Gasteiger partial charge in [-0.05, 0) is 31.2 Å². The standard InChI is InChI=1S/C22H14ClN3O2S/c1-13-6-8-14(9-7-13)20-24-22-26(25-20)21(27)19(29-22)12-15-10-11-18(28-15)16-4-2-3-5-17(16)23/h2-12H,1H3/b19-12-. The topological polar surface area (TPSA) is 60.4 Å². The molecule has 0 aliphatic rings. The first kappa shape index (κ1) is 17.8. The lowest BCUT2D eigenvalue weighted by Crippen LogP contribution is -2.23. The highest BCUT2D eigenvalue weighted by atomic mass is 35.5. The van der Waals surface area contributed by atoms with Crippen LogP contribution in [0.2, 0.25) is 5.02 Å². The largest absolute Gasteiger partial charge is 0.457 e. The van der Waals surface area contributed by atoms with Crippen molar-refractivity contribution >= 4 is 34.0 Å². The van der Waals surface area contributed by atoms with E-state index in [9.17, 15) is 4.79 Å². The first-order chi connectivity index (χ1) is 14.1. The van der Waals surface area contributed by atoms with E-state index in [1.54, 1.807) is 6.08 Å². The molecule has 2 aromatic carbocycles. The molecule has 0 N–H and O–H groups in total. The van der Waals surface area contributed by atoms with Gasteiger partial charge < -0.3 is 4.42 Å². The van der Waals surface area contributed by atoms with Gasteiger partial charge in [0.2, 0.25) is 4.96 Å². The summed E-state index contributed by atoms with van der Waals surface area (Å²) in [6, 6.07) is 19.0. The van der Waals surface area contributed by atoms with Crippen molar-refractivity contribution in [2.24, 2.45) is 0 Å². The van der Waals surface area contributed by atoms with E-state index in [-0.39, 0.29) is 5.56 Å². The Morgan fingerprint density at radius 1 is 1.07 bits per heavy atom. The minimum Gasteiger partial charge on any atom is -0.457 e. The van der Waals surface area contributed by atoms with Gasteiger partial charge in [0.15, 0.2) is 5.82 Å². The number of hydrogen-bond donors (Lipinski definition) is 0. The van der Waals surface area contributed by atoms with E-state index in [1.807, 2.05) is 67.6 Å². The average Bonchev–Trinajstić information content (AvgIpc) is 3.41. The van der Waals surface area contributed by atoms with Crippen molar-refractivity contribution in [3.8, 4) is 22.7 Å². The Labute approximate surface area is 174 Å². The van der Waals surface area contributed by atoms with E-state index in [2.05, 4.69) is 10.1 Å². The van der Waals surface area contributed by atoms with Crippen LogP contribution in [0.4, 0.5) is 0 Å². The minimum atomic E-state index is -0.216. The number of aryl methyl sites for hydroxylation is 1. The third-order valence-electron chi connectivity index (χ3n) is 4.53. The van der Waals surface area contributed by atoms with Crippen molar-refractivity contribution in [1.82, 2.24) is 14.6 Å². The smallest absolute Gasteiger partial charge is 0.291 e. The summed E-state index contributed by atoms with van der Waals surface area (Å²) >= 11 is 7.51. The fourth-order valence-electron chi connectivity index (χ4n) is 3.02. The Balaban J connectivity index is 1.53. The summed E-state index contributed by atoms with van der Waals surface area (Å²) < 4.78 is 7.71. The predicted molar refractivity (Wildman–Crippen MR) is 115 cm³/mol. The maximum atomic E-state index is 12.7. The maximum Gasteiger partial charge on any atom is 0.291 e. The fourth-order valence-corrected chi connectivity index (χ4v) is 4.14. The number of hydrogen-bond acceptors (Lipinski definition) is 5. The molecule has 142 valence electrons. The van der Waals surface area contributed by atoms with Crippen molar-refractivity contribution in [2.75, 3.05) is 0 Å². The summed E-state index contributed by atoms with van der Waals surface area (Å²) in [7, 11) is 0. The zero-order valence-electron chi connectivity index (χ0n) is 15.3. The van der Waals surface area contributed by atoms with Crippen molar-refractivity contribution < 1.29 is 4.42 Å². The molecule has 5 rings (SSSR count). The molecule has 3 heterocycles. The number of rotatable bonds is 3. The van der Waals surface area contributed by atoms with Gasteiger partial charge in [-0.2, -0.15) is 9.50 Å². The summed E-state index contributed by atoms with van der Waals surface area (Å²) in [6.07, 6.45) is 1.70. The second-order valence-corrected chi connectivity index (χ2v) is 8.01. The molecule has 0 unspecified atom stereocenters. The first-order valence-corrected chi connectivity index (χ1v) is 10.1. The molecule has 0 fully saturated rings. The number of fused-ring (bicyclic) bond motifs is 1. The maximum absolute atomic E-state index is 12.7. The number of benzene rings is 2. The Hall–Kier alpha value is -3.22. The van der Waals surface area contributed by atoms with Crippen LogP contribution in [0, 0.1) is 6.92 Å². The van der Waals surface area contributed by atoms with Crippen LogP contribution in [0.3, 0.4) is 0 Å². The Bertz CT molecular complexity index is 1450. The van der Waals surface area contributed by atoms with Crippen LogP contribution in [-0.2, 0) is 0 Å². The lowest BCUT2D eigenvalue weighted by atomic mass is 10.1. The van der Waals surface area contributed by atoms with Gasteiger partial charge >= 0.3 is 0 Å². The molecular weight excluding hydrogens is 406 g/mol. The first-order valence-electron chi connectivity index (χ1n) is 8.91. The molecule has 0 saturated heterocycles. The number of aromatic nitrogens is 3. The van der Waals surface area contributed by atoms with E-state index in [0.717, 1.165) is 16.7 Å². The van der Waals surface area contributed by atoms with Gasteiger partial charge in [-0.1, -0.05) is 64.9 Å². The van der Waals surface area contributed by atoms with Crippen LogP contribution in [-0.4, -0.2) is 14.6 Å². The van der Waals surface area contributed by atoms with Crippen molar-refractivity contribution in [3.05, 3.63) is 91.9 Å². The lowest BCUT2D eigenvalue weighted by molar-refractivity contribution is 0.571. The molecule has 5 aromatic rings. The number of furan rings is 1. The molecule has 3 aromatic heterocycles. The van der Waals surface area contributed by atoms with Gasteiger partial charge in [0.05, 0.1) is 5.02 Å². The molecule has 0 atom stereocenters. The SMILES string of the molecule is Cc1ccc(-c2nc3s/c(=C\c4ccc(-c5ccccc5Cl)o4)c(=O)n3n2)cc1. The Morgan fingerprint density at radius 3 is 2.62 bits per heavy atom. The lowest BCUT2D eigenvalue weighted by Gasteiger charge is -1.98. The van der Waals surface area contributed by atoms with Gasteiger partial charge in [-0.3, -0.25) is 4.79 Å². The van der Waals surface area contributed by atoms with Crippen molar-refractivity contribution in [2.45, 2.75) is 6.92 Å². The summed E-state index contributed by atoms with van der Waals surface area (Å²) in [5, 5.41) is 4.99. The molecule has 0 amide bonds. The van der Waals surface area contributed by atoms with Crippen LogP contribution in [0.15, 0.2) is 69.9 Å². The van der Waals surface area contributed by atoms with Gasteiger partial charge in [0, 0.05) is 17.2 Å². The molecule has 0 radical (unpaired) electrons. The zero-order chi connectivity index (χ0) is 20.0. The predicted octanol–water partition coefficient (Wildman–Crippen LogP) is 4.59.